The maximum atomic E-state index is 12.1. The highest BCUT2D eigenvalue weighted by atomic mass is 32.1. The van der Waals surface area contributed by atoms with Gasteiger partial charge in [0.25, 0.3) is 5.56 Å². The molecule has 3 heterocycles. The minimum Gasteiger partial charge on any atom is -0.497 e. The highest BCUT2D eigenvalue weighted by Gasteiger charge is 2.07. The molecule has 0 aliphatic carbocycles. The van der Waals surface area contributed by atoms with Crippen molar-refractivity contribution in [1.82, 2.24) is 14.8 Å². The van der Waals surface area contributed by atoms with Crippen LogP contribution in [-0.4, -0.2) is 28.5 Å². The molecular formula is C20H17N3O3S. The molecular weight excluding hydrogens is 362 g/mol. The molecule has 4 aromatic rings. The summed E-state index contributed by atoms with van der Waals surface area (Å²) in [7, 11) is 1.62. The molecule has 3 aromatic heterocycles. The molecule has 6 nitrogen and oxygen atoms in total. The van der Waals surface area contributed by atoms with Gasteiger partial charge < -0.3 is 9.47 Å². The Labute approximate surface area is 159 Å². The highest BCUT2D eigenvalue weighted by molar-refractivity contribution is 7.13. The van der Waals surface area contributed by atoms with Gasteiger partial charge in [0.15, 0.2) is 0 Å². The summed E-state index contributed by atoms with van der Waals surface area (Å²) in [6.45, 7) is 0.684. The number of ether oxygens (including phenoxy) is 2. The molecule has 0 spiro atoms. The lowest BCUT2D eigenvalue weighted by molar-refractivity contribution is 0.291. The maximum absolute atomic E-state index is 12.1. The summed E-state index contributed by atoms with van der Waals surface area (Å²) < 4.78 is 12.6. The quantitative estimate of drug-likeness (QED) is 0.512. The first-order valence-electron chi connectivity index (χ1n) is 8.42. The molecule has 0 radical (unpaired) electrons. The molecule has 27 heavy (non-hydrogen) atoms. The van der Waals surface area contributed by atoms with Gasteiger partial charge in [0.2, 0.25) is 0 Å². The molecule has 0 atom stereocenters. The average Bonchev–Trinajstić information content (AvgIpc) is 3.24. The Morgan fingerprint density at radius 3 is 2.89 bits per heavy atom. The molecule has 0 aliphatic rings. The van der Waals surface area contributed by atoms with E-state index < -0.39 is 0 Å². The van der Waals surface area contributed by atoms with Crippen molar-refractivity contribution < 1.29 is 9.47 Å². The van der Waals surface area contributed by atoms with Crippen molar-refractivity contribution in [1.29, 1.82) is 0 Å². The Kier molecular flexibility index (Phi) is 4.84. The predicted molar refractivity (Wildman–Crippen MR) is 106 cm³/mol. The van der Waals surface area contributed by atoms with Gasteiger partial charge in [-0.3, -0.25) is 9.78 Å². The van der Waals surface area contributed by atoms with E-state index in [1.54, 1.807) is 30.7 Å². The molecule has 0 amide bonds. The first-order valence-corrected chi connectivity index (χ1v) is 9.30. The predicted octanol–water partition coefficient (Wildman–Crippen LogP) is 3.61. The summed E-state index contributed by atoms with van der Waals surface area (Å²) >= 11 is 1.59. The van der Waals surface area contributed by atoms with Gasteiger partial charge in [0, 0.05) is 23.7 Å². The molecule has 0 saturated carbocycles. The van der Waals surface area contributed by atoms with Crippen molar-refractivity contribution >= 4 is 22.2 Å². The van der Waals surface area contributed by atoms with Crippen molar-refractivity contribution in [3.63, 3.8) is 0 Å². The molecule has 136 valence electrons. The molecule has 0 bridgehead atoms. The second-order valence-corrected chi connectivity index (χ2v) is 6.75. The lowest BCUT2D eigenvalue weighted by atomic mass is 10.2. The second kappa shape index (κ2) is 7.59. The van der Waals surface area contributed by atoms with Gasteiger partial charge in [-0.15, -0.1) is 11.3 Å². The zero-order valence-electron chi connectivity index (χ0n) is 14.7. The van der Waals surface area contributed by atoms with Gasteiger partial charge in [0.1, 0.15) is 23.8 Å². The SMILES string of the molecule is COc1ccc2c(OCCn3nc(-c4cccs4)ccc3=O)ccnc2c1. The zero-order chi connectivity index (χ0) is 18.6. The minimum absolute atomic E-state index is 0.150. The van der Waals surface area contributed by atoms with Crippen LogP contribution in [0.25, 0.3) is 21.5 Å². The molecule has 7 heteroatoms. The lowest BCUT2D eigenvalue weighted by Gasteiger charge is -2.11. The molecule has 0 fully saturated rings. The van der Waals surface area contributed by atoms with Crippen LogP contribution in [0.2, 0.25) is 0 Å². The third kappa shape index (κ3) is 3.68. The van der Waals surface area contributed by atoms with Gasteiger partial charge in [-0.05, 0) is 35.7 Å². The van der Waals surface area contributed by atoms with E-state index >= 15 is 0 Å². The van der Waals surface area contributed by atoms with Crippen LogP contribution in [0.4, 0.5) is 0 Å². The number of thiophene rings is 1. The Morgan fingerprint density at radius 1 is 1.15 bits per heavy atom. The van der Waals surface area contributed by atoms with Crippen LogP contribution in [0.15, 0.2) is 64.9 Å². The van der Waals surface area contributed by atoms with Crippen molar-refractivity contribution in [3.8, 4) is 22.1 Å². The number of rotatable bonds is 6. The van der Waals surface area contributed by atoms with E-state index in [1.165, 1.54) is 10.7 Å². The monoisotopic (exact) mass is 379 g/mol. The number of methoxy groups -OCH3 is 1. The fourth-order valence-electron chi connectivity index (χ4n) is 2.76. The standard InChI is InChI=1S/C20H17N3O3S/c1-25-14-4-5-15-17(13-14)21-9-8-18(15)26-11-10-23-20(24)7-6-16(22-23)19-3-2-12-27-19/h2-9,12-13H,10-11H2,1H3. The number of hydrogen-bond donors (Lipinski definition) is 0. The van der Waals surface area contributed by atoms with Crippen LogP contribution < -0.4 is 15.0 Å². The molecule has 0 saturated heterocycles. The van der Waals surface area contributed by atoms with Gasteiger partial charge in [-0.2, -0.15) is 5.10 Å². The Balaban J connectivity index is 1.51. The molecule has 1 aromatic carbocycles. The van der Waals surface area contributed by atoms with Crippen LogP contribution in [0.5, 0.6) is 11.5 Å². The van der Waals surface area contributed by atoms with Crippen LogP contribution in [-0.2, 0) is 6.54 Å². The number of benzene rings is 1. The number of hydrogen-bond acceptors (Lipinski definition) is 6. The van der Waals surface area contributed by atoms with Crippen molar-refractivity contribution in [3.05, 3.63) is 70.5 Å². The zero-order valence-corrected chi connectivity index (χ0v) is 15.5. The van der Waals surface area contributed by atoms with Gasteiger partial charge in [-0.1, -0.05) is 6.07 Å². The fourth-order valence-corrected chi connectivity index (χ4v) is 3.45. The molecule has 0 N–H and O–H groups in total. The summed E-state index contributed by atoms with van der Waals surface area (Å²) in [6, 6.07) is 14.7. The number of nitrogens with zero attached hydrogens (tertiary/aromatic N) is 3. The van der Waals surface area contributed by atoms with E-state index in [9.17, 15) is 4.79 Å². The smallest absolute Gasteiger partial charge is 0.266 e. The molecule has 4 rings (SSSR count). The first kappa shape index (κ1) is 17.2. The Hall–Kier alpha value is -3.19. The first-order chi connectivity index (χ1) is 13.2. The topological polar surface area (TPSA) is 66.2 Å². The van der Waals surface area contributed by atoms with E-state index in [2.05, 4.69) is 10.1 Å². The maximum Gasteiger partial charge on any atom is 0.266 e. The van der Waals surface area contributed by atoms with Crippen molar-refractivity contribution in [2.75, 3.05) is 13.7 Å². The number of pyridine rings is 1. The normalized spacial score (nSPS) is 10.9. The molecule has 0 aliphatic heterocycles. The third-order valence-electron chi connectivity index (χ3n) is 4.11. The second-order valence-electron chi connectivity index (χ2n) is 5.80. The lowest BCUT2D eigenvalue weighted by Crippen LogP contribution is -2.25. The van der Waals surface area contributed by atoms with Gasteiger partial charge >= 0.3 is 0 Å². The third-order valence-corrected chi connectivity index (χ3v) is 5.00. The Morgan fingerprint density at radius 2 is 2.07 bits per heavy atom. The van der Waals surface area contributed by atoms with Gasteiger partial charge in [0.05, 0.1) is 24.0 Å². The van der Waals surface area contributed by atoms with Crippen LogP contribution in [0.3, 0.4) is 0 Å². The molecule has 0 unspecified atom stereocenters. The number of aromatic nitrogens is 3. The largest absolute Gasteiger partial charge is 0.497 e. The van der Waals surface area contributed by atoms with Crippen LogP contribution >= 0.6 is 11.3 Å². The van der Waals surface area contributed by atoms with Crippen LogP contribution in [0.1, 0.15) is 0 Å². The highest BCUT2D eigenvalue weighted by Crippen LogP contribution is 2.27. The Bertz CT molecular complexity index is 1120. The summed E-state index contributed by atoms with van der Waals surface area (Å²) in [5, 5.41) is 7.32. The minimum atomic E-state index is -0.150. The summed E-state index contributed by atoms with van der Waals surface area (Å²) in [6.07, 6.45) is 1.69. The van der Waals surface area contributed by atoms with Crippen molar-refractivity contribution in [2.45, 2.75) is 6.54 Å². The van der Waals surface area contributed by atoms with Gasteiger partial charge in [-0.25, -0.2) is 4.68 Å². The van der Waals surface area contributed by atoms with Crippen LogP contribution in [0, 0.1) is 0 Å². The van der Waals surface area contributed by atoms with E-state index in [4.69, 9.17) is 9.47 Å². The summed E-state index contributed by atoms with van der Waals surface area (Å²) in [4.78, 5) is 17.5. The van der Waals surface area contributed by atoms with Crippen molar-refractivity contribution in [2.24, 2.45) is 0 Å². The number of fused-ring (bicyclic) bond motifs is 1. The fraction of sp³-hybridized carbons (Fsp3) is 0.150. The van der Waals surface area contributed by atoms with E-state index in [1.807, 2.05) is 41.8 Å². The van der Waals surface area contributed by atoms with E-state index in [0.29, 0.717) is 18.9 Å². The van der Waals surface area contributed by atoms with E-state index in [0.717, 1.165) is 27.2 Å². The van der Waals surface area contributed by atoms with E-state index in [-0.39, 0.29) is 5.56 Å². The summed E-state index contributed by atoms with van der Waals surface area (Å²) in [5.41, 5.74) is 1.43. The summed E-state index contributed by atoms with van der Waals surface area (Å²) in [5.74, 6) is 1.46. The average molecular weight is 379 g/mol.